The van der Waals surface area contributed by atoms with Crippen molar-refractivity contribution in [3.8, 4) is 0 Å². The van der Waals surface area contributed by atoms with Gasteiger partial charge < -0.3 is 19.5 Å². The summed E-state index contributed by atoms with van der Waals surface area (Å²) in [6, 6.07) is 0.657. The van der Waals surface area contributed by atoms with Crippen LogP contribution in [0, 0.1) is 5.92 Å². The first kappa shape index (κ1) is 15.2. The second kappa shape index (κ2) is 6.53. The summed E-state index contributed by atoms with van der Waals surface area (Å²) in [5.41, 5.74) is 0. The summed E-state index contributed by atoms with van der Waals surface area (Å²) in [6.45, 7) is 9.78. The number of likely N-dealkylation sites (tertiary alicyclic amines) is 1. The Balaban J connectivity index is 1.76. The molecule has 1 N–H and O–H groups in total. The summed E-state index contributed by atoms with van der Waals surface area (Å²) in [6.07, 6.45) is 4.23. The third kappa shape index (κ3) is 4.15. The molecule has 2 fully saturated rings. The van der Waals surface area contributed by atoms with Crippen molar-refractivity contribution < 1.29 is 14.6 Å². The van der Waals surface area contributed by atoms with Gasteiger partial charge in [-0.3, -0.25) is 0 Å². The number of piperidine rings is 1. The molecule has 2 saturated heterocycles. The Kier molecular flexibility index (Phi) is 5.23. The SMILES string of the molecule is CC(C)N1CCC(CC2(C)OCC(CCO)O2)CC1. The molecule has 0 saturated carbocycles. The van der Waals surface area contributed by atoms with E-state index in [0.717, 1.165) is 6.42 Å². The molecular weight excluding hydrogens is 242 g/mol. The summed E-state index contributed by atoms with van der Waals surface area (Å²) in [4.78, 5) is 2.55. The molecule has 0 aromatic carbocycles. The van der Waals surface area contributed by atoms with E-state index in [-0.39, 0.29) is 12.7 Å². The first-order valence-electron chi connectivity index (χ1n) is 7.69. The van der Waals surface area contributed by atoms with Crippen LogP contribution < -0.4 is 0 Å². The highest BCUT2D eigenvalue weighted by Gasteiger charge is 2.39. The fourth-order valence-corrected chi connectivity index (χ4v) is 3.28. The molecule has 112 valence electrons. The molecule has 0 radical (unpaired) electrons. The van der Waals surface area contributed by atoms with Crippen LogP contribution in [0.1, 0.15) is 46.5 Å². The van der Waals surface area contributed by atoms with Gasteiger partial charge in [-0.25, -0.2) is 0 Å². The van der Waals surface area contributed by atoms with Crippen molar-refractivity contribution in [2.24, 2.45) is 5.92 Å². The van der Waals surface area contributed by atoms with Crippen molar-refractivity contribution in [3.05, 3.63) is 0 Å². The largest absolute Gasteiger partial charge is 0.396 e. The van der Waals surface area contributed by atoms with Gasteiger partial charge >= 0.3 is 0 Å². The van der Waals surface area contributed by atoms with Crippen LogP contribution in [0.5, 0.6) is 0 Å². The summed E-state index contributed by atoms with van der Waals surface area (Å²) >= 11 is 0. The second-order valence-corrected chi connectivity index (χ2v) is 6.47. The number of aliphatic hydroxyl groups is 1. The van der Waals surface area contributed by atoms with Gasteiger partial charge in [0.05, 0.1) is 12.7 Å². The maximum Gasteiger partial charge on any atom is 0.166 e. The molecule has 2 atom stereocenters. The van der Waals surface area contributed by atoms with Crippen molar-refractivity contribution in [3.63, 3.8) is 0 Å². The first-order chi connectivity index (χ1) is 9.02. The molecule has 0 aliphatic carbocycles. The Labute approximate surface area is 117 Å². The number of nitrogens with zero attached hydrogens (tertiary/aromatic N) is 1. The molecule has 2 aliphatic heterocycles. The predicted molar refractivity (Wildman–Crippen MR) is 75.0 cm³/mol. The van der Waals surface area contributed by atoms with Gasteiger partial charge in [0.1, 0.15) is 0 Å². The summed E-state index contributed by atoms with van der Waals surface area (Å²) in [5.74, 6) is 0.276. The van der Waals surface area contributed by atoms with Gasteiger partial charge in [0.2, 0.25) is 0 Å². The lowest BCUT2D eigenvalue weighted by atomic mass is 9.89. The minimum Gasteiger partial charge on any atom is -0.396 e. The van der Waals surface area contributed by atoms with E-state index in [1.54, 1.807) is 0 Å². The van der Waals surface area contributed by atoms with Gasteiger partial charge in [-0.1, -0.05) is 0 Å². The maximum absolute atomic E-state index is 8.96. The van der Waals surface area contributed by atoms with Gasteiger partial charge in [0.25, 0.3) is 0 Å². The van der Waals surface area contributed by atoms with E-state index in [9.17, 15) is 0 Å². The normalized spacial score (nSPS) is 34.3. The highest BCUT2D eigenvalue weighted by molar-refractivity contribution is 4.82. The van der Waals surface area contributed by atoms with E-state index in [0.29, 0.717) is 25.0 Å². The van der Waals surface area contributed by atoms with Crippen LogP contribution in [0.25, 0.3) is 0 Å². The minimum atomic E-state index is -0.426. The molecule has 0 bridgehead atoms. The molecule has 0 aromatic rings. The average Bonchev–Trinajstić information content (AvgIpc) is 2.72. The highest BCUT2D eigenvalue weighted by Crippen LogP contribution is 2.34. The van der Waals surface area contributed by atoms with Crippen LogP contribution in [-0.4, -0.2) is 54.2 Å². The Morgan fingerprint density at radius 3 is 2.58 bits per heavy atom. The quantitative estimate of drug-likeness (QED) is 0.830. The topological polar surface area (TPSA) is 41.9 Å². The summed E-state index contributed by atoms with van der Waals surface area (Å²) in [7, 11) is 0. The molecule has 0 aromatic heterocycles. The molecule has 0 spiro atoms. The van der Waals surface area contributed by atoms with Crippen LogP contribution >= 0.6 is 0 Å². The number of hydrogen-bond donors (Lipinski definition) is 1. The highest BCUT2D eigenvalue weighted by atomic mass is 16.7. The minimum absolute atomic E-state index is 0.0748. The van der Waals surface area contributed by atoms with Crippen LogP contribution in [0.4, 0.5) is 0 Å². The molecule has 4 nitrogen and oxygen atoms in total. The van der Waals surface area contributed by atoms with Crippen molar-refractivity contribution >= 4 is 0 Å². The van der Waals surface area contributed by atoms with Crippen LogP contribution in [0.3, 0.4) is 0 Å². The third-order valence-electron chi connectivity index (χ3n) is 4.48. The average molecular weight is 271 g/mol. The zero-order valence-electron chi connectivity index (χ0n) is 12.6. The van der Waals surface area contributed by atoms with Crippen molar-refractivity contribution in [2.75, 3.05) is 26.3 Å². The molecular formula is C15H29NO3. The Morgan fingerprint density at radius 2 is 2.00 bits per heavy atom. The number of hydrogen-bond acceptors (Lipinski definition) is 4. The lowest BCUT2D eigenvalue weighted by Crippen LogP contribution is -2.40. The molecule has 2 aliphatic rings. The van der Waals surface area contributed by atoms with Crippen LogP contribution in [0.2, 0.25) is 0 Å². The zero-order valence-corrected chi connectivity index (χ0v) is 12.6. The molecule has 2 rings (SSSR count). The fourth-order valence-electron chi connectivity index (χ4n) is 3.28. The molecule has 2 heterocycles. The van der Waals surface area contributed by atoms with E-state index in [1.807, 2.05) is 0 Å². The van der Waals surface area contributed by atoms with Gasteiger partial charge in [-0.15, -0.1) is 0 Å². The Bertz CT molecular complexity index is 277. The lowest BCUT2D eigenvalue weighted by molar-refractivity contribution is -0.169. The maximum atomic E-state index is 8.96. The summed E-state index contributed by atoms with van der Waals surface area (Å²) < 4.78 is 11.8. The van der Waals surface area contributed by atoms with E-state index in [2.05, 4.69) is 25.7 Å². The Morgan fingerprint density at radius 1 is 1.32 bits per heavy atom. The fraction of sp³-hybridized carbons (Fsp3) is 1.00. The predicted octanol–water partition coefficient (Wildman–Crippen LogP) is 2.01. The van der Waals surface area contributed by atoms with E-state index < -0.39 is 5.79 Å². The number of aliphatic hydroxyl groups excluding tert-OH is 1. The number of ether oxygens (including phenoxy) is 2. The van der Waals surface area contributed by atoms with E-state index in [1.165, 1.54) is 25.9 Å². The molecule has 19 heavy (non-hydrogen) atoms. The van der Waals surface area contributed by atoms with Gasteiger partial charge in [0.15, 0.2) is 5.79 Å². The Hall–Kier alpha value is -0.160. The van der Waals surface area contributed by atoms with Gasteiger partial charge in [-0.05, 0) is 59.0 Å². The lowest BCUT2D eigenvalue weighted by Gasteiger charge is -2.37. The molecule has 0 amide bonds. The van der Waals surface area contributed by atoms with Gasteiger partial charge in [0, 0.05) is 19.1 Å². The van der Waals surface area contributed by atoms with Crippen molar-refractivity contribution in [1.29, 1.82) is 0 Å². The standard InChI is InChI=1S/C15H29NO3/c1-12(2)16-7-4-13(5-8-16)10-15(3)18-11-14(19-15)6-9-17/h12-14,17H,4-11H2,1-3H3. The smallest absolute Gasteiger partial charge is 0.166 e. The van der Waals surface area contributed by atoms with Crippen LogP contribution in [-0.2, 0) is 9.47 Å². The zero-order chi connectivity index (χ0) is 13.9. The first-order valence-corrected chi connectivity index (χ1v) is 7.69. The van der Waals surface area contributed by atoms with Gasteiger partial charge in [-0.2, -0.15) is 0 Å². The molecule has 2 unspecified atom stereocenters. The third-order valence-corrected chi connectivity index (χ3v) is 4.48. The van der Waals surface area contributed by atoms with Crippen LogP contribution in [0.15, 0.2) is 0 Å². The summed E-state index contributed by atoms with van der Waals surface area (Å²) in [5, 5.41) is 8.96. The van der Waals surface area contributed by atoms with E-state index >= 15 is 0 Å². The second-order valence-electron chi connectivity index (χ2n) is 6.47. The number of rotatable bonds is 5. The van der Waals surface area contributed by atoms with E-state index in [4.69, 9.17) is 14.6 Å². The molecule has 4 heteroatoms. The van der Waals surface area contributed by atoms with Crippen molar-refractivity contribution in [2.45, 2.75) is 64.4 Å². The monoisotopic (exact) mass is 271 g/mol. The van der Waals surface area contributed by atoms with Crippen molar-refractivity contribution in [1.82, 2.24) is 4.90 Å².